The summed E-state index contributed by atoms with van der Waals surface area (Å²) in [6, 6.07) is 1.83. The highest BCUT2D eigenvalue weighted by molar-refractivity contribution is 9.10. The normalized spacial score (nSPS) is 11.3. The van der Waals surface area contributed by atoms with Gasteiger partial charge in [-0.25, -0.2) is 4.98 Å². The Balaban J connectivity index is 2.82. The van der Waals surface area contributed by atoms with Gasteiger partial charge < -0.3 is 10.6 Å². The van der Waals surface area contributed by atoms with E-state index in [1.165, 1.54) is 0 Å². The number of carbonyl (C=O) groups is 1. The standard InChI is InChI=1S/C11H16BrN3O/c1-7-5-9(14-6-8(7)12)15-10(16)11(2,3)13-4/h5-6,13H,1-4H3,(H,14,15,16). The van der Waals surface area contributed by atoms with E-state index in [2.05, 4.69) is 31.5 Å². The van der Waals surface area contributed by atoms with Gasteiger partial charge in [0.2, 0.25) is 5.91 Å². The van der Waals surface area contributed by atoms with Crippen LogP contribution in [0.5, 0.6) is 0 Å². The summed E-state index contributed by atoms with van der Waals surface area (Å²) in [4.78, 5) is 16.0. The maximum Gasteiger partial charge on any atom is 0.245 e. The Morgan fingerprint density at radius 2 is 2.12 bits per heavy atom. The molecular weight excluding hydrogens is 270 g/mol. The lowest BCUT2D eigenvalue weighted by atomic mass is 10.1. The third-order valence-corrected chi connectivity index (χ3v) is 3.31. The molecular formula is C11H16BrN3O. The Hall–Kier alpha value is -0.940. The van der Waals surface area contributed by atoms with Crippen molar-refractivity contribution in [1.29, 1.82) is 0 Å². The minimum absolute atomic E-state index is 0.107. The number of anilines is 1. The van der Waals surface area contributed by atoms with E-state index in [0.717, 1.165) is 10.0 Å². The minimum Gasteiger partial charge on any atom is -0.309 e. The molecule has 1 aromatic rings. The van der Waals surface area contributed by atoms with Crippen LogP contribution in [0.15, 0.2) is 16.7 Å². The van der Waals surface area contributed by atoms with Gasteiger partial charge in [-0.3, -0.25) is 4.79 Å². The van der Waals surface area contributed by atoms with Gasteiger partial charge in [-0.1, -0.05) is 0 Å². The lowest BCUT2D eigenvalue weighted by Crippen LogP contribution is -2.48. The van der Waals surface area contributed by atoms with Crippen LogP contribution in [0.25, 0.3) is 0 Å². The first-order chi connectivity index (χ1) is 7.36. The SMILES string of the molecule is CNC(C)(C)C(=O)Nc1cc(C)c(Br)cn1. The number of pyridine rings is 1. The second kappa shape index (κ2) is 4.93. The van der Waals surface area contributed by atoms with Gasteiger partial charge >= 0.3 is 0 Å². The molecule has 2 N–H and O–H groups in total. The molecule has 88 valence electrons. The molecule has 0 atom stereocenters. The maximum absolute atomic E-state index is 11.8. The van der Waals surface area contributed by atoms with Crippen LogP contribution in [0.4, 0.5) is 5.82 Å². The number of nitrogens with one attached hydrogen (secondary N) is 2. The third kappa shape index (κ3) is 3.02. The van der Waals surface area contributed by atoms with Crippen LogP contribution in [0, 0.1) is 6.92 Å². The monoisotopic (exact) mass is 285 g/mol. The lowest BCUT2D eigenvalue weighted by molar-refractivity contribution is -0.121. The van der Waals surface area contributed by atoms with Crippen LogP contribution in [-0.4, -0.2) is 23.5 Å². The number of carbonyl (C=O) groups excluding carboxylic acids is 1. The summed E-state index contributed by atoms with van der Waals surface area (Å²) in [5.41, 5.74) is 0.426. The molecule has 0 aromatic carbocycles. The first-order valence-electron chi connectivity index (χ1n) is 4.99. The summed E-state index contributed by atoms with van der Waals surface area (Å²) in [7, 11) is 1.75. The molecule has 0 fully saturated rings. The van der Waals surface area contributed by atoms with Crippen LogP contribution < -0.4 is 10.6 Å². The van der Waals surface area contributed by atoms with Gasteiger partial charge in [-0.05, 0) is 55.4 Å². The van der Waals surface area contributed by atoms with Crippen molar-refractivity contribution in [1.82, 2.24) is 10.3 Å². The summed E-state index contributed by atoms with van der Waals surface area (Å²) >= 11 is 3.36. The lowest BCUT2D eigenvalue weighted by Gasteiger charge is -2.22. The number of rotatable bonds is 3. The molecule has 0 radical (unpaired) electrons. The fourth-order valence-corrected chi connectivity index (χ4v) is 1.21. The molecule has 1 rings (SSSR count). The van der Waals surface area contributed by atoms with E-state index in [1.807, 2.05) is 26.8 Å². The molecule has 16 heavy (non-hydrogen) atoms. The van der Waals surface area contributed by atoms with E-state index in [1.54, 1.807) is 13.2 Å². The maximum atomic E-state index is 11.8. The van der Waals surface area contributed by atoms with E-state index in [9.17, 15) is 4.79 Å². The van der Waals surface area contributed by atoms with E-state index in [4.69, 9.17) is 0 Å². The van der Waals surface area contributed by atoms with Gasteiger partial charge in [0.15, 0.2) is 0 Å². The first kappa shape index (κ1) is 13.1. The number of nitrogens with zero attached hydrogens (tertiary/aromatic N) is 1. The Morgan fingerprint density at radius 3 is 2.62 bits per heavy atom. The molecule has 0 bridgehead atoms. The molecule has 0 aliphatic rings. The van der Waals surface area contributed by atoms with Crippen molar-refractivity contribution in [2.75, 3.05) is 12.4 Å². The quantitative estimate of drug-likeness (QED) is 0.894. The minimum atomic E-state index is -0.608. The number of halogens is 1. The van der Waals surface area contributed by atoms with Gasteiger partial charge in [-0.2, -0.15) is 0 Å². The van der Waals surface area contributed by atoms with Crippen molar-refractivity contribution in [2.24, 2.45) is 0 Å². The summed E-state index contributed by atoms with van der Waals surface area (Å²) in [6.45, 7) is 5.58. The van der Waals surface area contributed by atoms with E-state index in [-0.39, 0.29) is 5.91 Å². The highest BCUT2D eigenvalue weighted by atomic mass is 79.9. The smallest absolute Gasteiger partial charge is 0.245 e. The zero-order valence-corrected chi connectivity index (χ0v) is 11.5. The van der Waals surface area contributed by atoms with Crippen molar-refractivity contribution in [3.05, 3.63) is 22.3 Å². The number of amides is 1. The van der Waals surface area contributed by atoms with E-state index >= 15 is 0 Å². The first-order valence-corrected chi connectivity index (χ1v) is 5.78. The van der Waals surface area contributed by atoms with Crippen molar-refractivity contribution in [3.63, 3.8) is 0 Å². The zero-order chi connectivity index (χ0) is 12.3. The molecule has 0 saturated heterocycles. The summed E-state index contributed by atoms with van der Waals surface area (Å²) in [5.74, 6) is 0.457. The van der Waals surface area contributed by atoms with Crippen molar-refractivity contribution in [2.45, 2.75) is 26.3 Å². The molecule has 0 spiro atoms. The van der Waals surface area contributed by atoms with E-state index in [0.29, 0.717) is 5.82 Å². The summed E-state index contributed by atoms with van der Waals surface area (Å²) in [6.07, 6.45) is 1.68. The van der Waals surface area contributed by atoms with Crippen LogP contribution in [0.1, 0.15) is 19.4 Å². The summed E-state index contributed by atoms with van der Waals surface area (Å²) < 4.78 is 0.929. The number of aromatic nitrogens is 1. The average molecular weight is 286 g/mol. The Kier molecular flexibility index (Phi) is 4.04. The van der Waals surface area contributed by atoms with Crippen molar-refractivity contribution < 1.29 is 4.79 Å². The molecule has 1 amide bonds. The Bertz CT molecular complexity index is 404. The van der Waals surface area contributed by atoms with Crippen LogP contribution >= 0.6 is 15.9 Å². The summed E-state index contributed by atoms with van der Waals surface area (Å²) in [5, 5.41) is 5.71. The van der Waals surface area contributed by atoms with Gasteiger partial charge in [-0.15, -0.1) is 0 Å². The Labute approximate surface area is 104 Å². The molecule has 0 aliphatic heterocycles. The molecule has 4 nitrogen and oxygen atoms in total. The second-order valence-electron chi connectivity index (χ2n) is 4.15. The predicted molar refractivity (Wildman–Crippen MR) is 68.4 cm³/mol. The highest BCUT2D eigenvalue weighted by Crippen LogP contribution is 2.17. The van der Waals surface area contributed by atoms with Gasteiger partial charge in [0.1, 0.15) is 5.82 Å². The number of likely N-dealkylation sites (N-methyl/N-ethyl adjacent to an activating group) is 1. The highest BCUT2D eigenvalue weighted by Gasteiger charge is 2.25. The van der Waals surface area contributed by atoms with E-state index < -0.39 is 5.54 Å². The molecule has 1 heterocycles. The topological polar surface area (TPSA) is 54.0 Å². The van der Waals surface area contributed by atoms with Crippen LogP contribution in [0.2, 0.25) is 0 Å². The zero-order valence-electron chi connectivity index (χ0n) is 9.89. The Morgan fingerprint density at radius 1 is 1.50 bits per heavy atom. The van der Waals surface area contributed by atoms with Gasteiger partial charge in [0.25, 0.3) is 0 Å². The molecule has 0 unspecified atom stereocenters. The molecule has 0 aliphatic carbocycles. The largest absolute Gasteiger partial charge is 0.309 e. The second-order valence-corrected chi connectivity index (χ2v) is 5.00. The molecule has 5 heteroatoms. The van der Waals surface area contributed by atoms with Gasteiger partial charge in [0, 0.05) is 10.7 Å². The van der Waals surface area contributed by atoms with Gasteiger partial charge in [0.05, 0.1) is 5.54 Å². The molecule has 1 aromatic heterocycles. The molecule has 0 saturated carbocycles. The third-order valence-electron chi connectivity index (χ3n) is 2.48. The average Bonchev–Trinajstić information content (AvgIpc) is 2.23. The fraction of sp³-hybridized carbons (Fsp3) is 0.455. The fourth-order valence-electron chi connectivity index (χ4n) is 0.994. The van der Waals surface area contributed by atoms with Crippen molar-refractivity contribution in [3.8, 4) is 0 Å². The van der Waals surface area contributed by atoms with Crippen LogP contribution in [0.3, 0.4) is 0 Å². The van der Waals surface area contributed by atoms with Crippen LogP contribution in [-0.2, 0) is 4.79 Å². The van der Waals surface area contributed by atoms with Crippen molar-refractivity contribution >= 4 is 27.7 Å². The number of hydrogen-bond acceptors (Lipinski definition) is 3. The predicted octanol–water partition coefficient (Wildman–Crippen LogP) is 2.09. The number of hydrogen-bond donors (Lipinski definition) is 2. The number of aryl methyl sites for hydroxylation is 1.